The molecule has 1 N–H and O–H groups in total. The van der Waals surface area contributed by atoms with Crippen molar-refractivity contribution in [1.29, 1.82) is 0 Å². The van der Waals surface area contributed by atoms with Gasteiger partial charge in [0.25, 0.3) is 0 Å². The van der Waals surface area contributed by atoms with Crippen LogP contribution in [0, 0.1) is 0 Å². The van der Waals surface area contributed by atoms with E-state index in [1.165, 1.54) is 19.1 Å². The minimum Gasteiger partial charge on any atom is -0.458 e. The van der Waals surface area contributed by atoms with E-state index in [0.29, 0.717) is 0 Å². The Morgan fingerprint density at radius 3 is 2.48 bits per heavy atom. The van der Waals surface area contributed by atoms with Gasteiger partial charge in [-0.15, -0.1) is 0 Å². The Hall–Kier alpha value is -1.01. The van der Waals surface area contributed by atoms with Crippen LogP contribution in [0.25, 0.3) is 0 Å². The molecule has 0 heterocycles. The number of carbonyl (C=O) groups excluding carboxylic acids is 2. The van der Waals surface area contributed by atoms with Crippen LogP contribution in [-0.4, -0.2) is 47.9 Å². The molecule has 0 aromatic rings. The average molecular weight is 320 g/mol. The standard InChI is InChI=1S/C13H21O7P/c1-4-18-21(17,19-5-2)9-12(15)20-10-6-7-11(14)13(3,16)8-10/h6-7,10,16H,4-5,8-9H2,1-3H3/t10-,13-/m0/s1. The number of hydrogen-bond acceptors (Lipinski definition) is 7. The zero-order valence-corrected chi connectivity index (χ0v) is 13.3. The van der Waals surface area contributed by atoms with Crippen molar-refractivity contribution in [2.75, 3.05) is 19.4 Å². The number of esters is 1. The minimum atomic E-state index is -3.52. The zero-order valence-electron chi connectivity index (χ0n) is 12.4. The molecule has 0 saturated heterocycles. The van der Waals surface area contributed by atoms with Crippen molar-refractivity contribution in [3.05, 3.63) is 12.2 Å². The first kappa shape index (κ1) is 18.0. The molecule has 120 valence electrons. The third kappa shape index (κ3) is 5.36. The molecule has 0 aliphatic heterocycles. The largest absolute Gasteiger partial charge is 0.458 e. The van der Waals surface area contributed by atoms with E-state index in [1.807, 2.05) is 0 Å². The van der Waals surface area contributed by atoms with Gasteiger partial charge in [-0.3, -0.25) is 14.2 Å². The lowest BCUT2D eigenvalue weighted by molar-refractivity contribution is -0.150. The molecule has 0 saturated carbocycles. The maximum absolute atomic E-state index is 12.2. The Morgan fingerprint density at radius 1 is 1.43 bits per heavy atom. The van der Waals surface area contributed by atoms with Crippen LogP contribution < -0.4 is 0 Å². The summed E-state index contributed by atoms with van der Waals surface area (Å²) in [6.45, 7) is 4.94. The monoisotopic (exact) mass is 320 g/mol. The van der Waals surface area contributed by atoms with Crippen LogP contribution >= 0.6 is 7.60 Å². The lowest BCUT2D eigenvalue weighted by Gasteiger charge is -2.28. The van der Waals surface area contributed by atoms with E-state index in [9.17, 15) is 19.3 Å². The lowest BCUT2D eigenvalue weighted by Crippen LogP contribution is -2.41. The Bertz CT molecular complexity index is 459. The molecule has 2 atom stereocenters. The predicted molar refractivity (Wildman–Crippen MR) is 75.0 cm³/mol. The van der Waals surface area contributed by atoms with Crippen molar-refractivity contribution >= 4 is 19.3 Å². The summed E-state index contributed by atoms with van der Waals surface area (Å²) in [7, 11) is -3.52. The third-order valence-electron chi connectivity index (χ3n) is 2.85. The highest BCUT2D eigenvalue weighted by atomic mass is 31.2. The summed E-state index contributed by atoms with van der Waals surface area (Å²) in [4.78, 5) is 23.2. The fourth-order valence-corrected chi connectivity index (χ4v) is 3.34. The van der Waals surface area contributed by atoms with Gasteiger partial charge in [-0.25, -0.2) is 0 Å². The first-order valence-corrected chi connectivity index (χ1v) is 8.48. The summed E-state index contributed by atoms with van der Waals surface area (Å²) in [5.74, 6) is -1.20. The molecule has 1 aliphatic rings. The van der Waals surface area contributed by atoms with E-state index in [1.54, 1.807) is 13.8 Å². The molecule has 1 aliphatic carbocycles. The van der Waals surface area contributed by atoms with Crippen molar-refractivity contribution in [1.82, 2.24) is 0 Å². The summed E-state index contributed by atoms with van der Waals surface area (Å²) >= 11 is 0. The lowest BCUT2D eigenvalue weighted by atomic mass is 9.88. The van der Waals surface area contributed by atoms with Gasteiger partial charge >= 0.3 is 13.6 Å². The summed E-state index contributed by atoms with van der Waals surface area (Å²) in [6.07, 6.45) is 1.27. The second-order valence-electron chi connectivity index (χ2n) is 4.83. The SMILES string of the molecule is CCOP(=O)(CC(=O)O[C@H]1C=CC(=O)[C@@](C)(O)C1)OCC. The zero-order chi connectivity index (χ0) is 16.1. The smallest absolute Gasteiger partial charge is 0.341 e. The molecule has 0 bridgehead atoms. The third-order valence-corrected chi connectivity index (χ3v) is 4.80. The number of ether oxygens (including phenoxy) is 1. The molecule has 0 spiro atoms. The molecule has 0 fully saturated rings. The van der Waals surface area contributed by atoms with Crippen LogP contribution in [0.2, 0.25) is 0 Å². The van der Waals surface area contributed by atoms with Crippen molar-refractivity contribution < 1.29 is 33.0 Å². The van der Waals surface area contributed by atoms with E-state index in [2.05, 4.69) is 0 Å². The fraction of sp³-hybridized carbons (Fsp3) is 0.692. The van der Waals surface area contributed by atoms with Crippen molar-refractivity contribution in [3.63, 3.8) is 0 Å². The van der Waals surface area contributed by atoms with Crippen LogP contribution in [0.15, 0.2) is 12.2 Å². The Kier molecular flexibility index (Phi) is 6.28. The normalized spacial score (nSPS) is 25.9. The predicted octanol–water partition coefficient (Wildman–Crippen LogP) is 1.44. The van der Waals surface area contributed by atoms with Crippen molar-refractivity contribution in [2.45, 2.75) is 38.9 Å². The number of ketones is 1. The molecule has 8 heteroatoms. The quantitative estimate of drug-likeness (QED) is 0.560. The van der Waals surface area contributed by atoms with Gasteiger partial charge in [0.15, 0.2) is 5.78 Å². The first-order valence-electron chi connectivity index (χ1n) is 6.75. The Balaban J connectivity index is 2.63. The number of aliphatic hydroxyl groups is 1. The number of hydrogen-bond donors (Lipinski definition) is 1. The van der Waals surface area contributed by atoms with E-state index >= 15 is 0 Å². The molecule has 7 nitrogen and oxygen atoms in total. The summed E-state index contributed by atoms with van der Waals surface area (Å²) in [5, 5.41) is 9.83. The summed E-state index contributed by atoms with van der Waals surface area (Å²) in [6, 6.07) is 0. The number of carbonyl (C=O) groups is 2. The molecule has 1 rings (SSSR count). The van der Waals surface area contributed by atoms with Crippen LogP contribution in [0.3, 0.4) is 0 Å². The summed E-state index contributed by atoms with van der Waals surface area (Å²) < 4.78 is 27.3. The molecule has 0 radical (unpaired) electrons. The highest BCUT2D eigenvalue weighted by Gasteiger charge is 2.37. The van der Waals surface area contributed by atoms with E-state index in [0.717, 1.165) is 0 Å². The maximum Gasteiger partial charge on any atom is 0.341 e. The van der Waals surface area contributed by atoms with Crippen molar-refractivity contribution in [3.8, 4) is 0 Å². The Morgan fingerprint density at radius 2 is 2.00 bits per heavy atom. The van der Waals surface area contributed by atoms with Crippen LogP contribution in [0.4, 0.5) is 0 Å². The van der Waals surface area contributed by atoms with Gasteiger partial charge in [-0.05, 0) is 32.9 Å². The summed E-state index contributed by atoms with van der Waals surface area (Å²) in [5.41, 5.74) is -1.57. The van der Waals surface area contributed by atoms with Gasteiger partial charge in [0, 0.05) is 6.42 Å². The van der Waals surface area contributed by atoms with Crippen LogP contribution in [0.5, 0.6) is 0 Å². The number of rotatable bonds is 7. The van der Waals surface area contributed by atoms with Crippen LogP contribution in [0.1, 0.15) is 27.2 Å². The van der Waals surface area contributed by atoms with E-state index < -0.39 is 37.2 Å². The Labute approximate surface area is 123 Å². The van der Waals surface area contributed by atoms with Gasteiger partial charge < -0.3 is 18.9 Å². The minimum absolute atomic E-state index is 0.0400. The van der Waals surface area contributed by atoms with E-state index in [4.69, 9.17) is 13.8 Å². The maximum atomic E-state index is 12.2. The molecular formula is C13H21O7P. The molecule has 0 unspecified atom stereocenters. The van der Waals surface area contributed by atoms with Gasteiger partial charge in [-0.1, -0.05) is 0 Å². The topological polar surface area (TPSA) is 99.1 Å². The second-order valence-corrected chi connectivity index (χ2v) is 6.89. The highest BCUT2D eigenvalue weighted by Crippen LogP contribution is 2.47. The first-order chi connectivity index (χ1) is 9.72. The van der Waals surface area contributed by atoms with Crippen molar-refractivity contribution in [2.24, 2.45) is 0 Å². The molecular weight excluding hydrogens is 299 g/mol. The van der Waals surface area contributed by atoms with Gasteiger partial charge in [0.05, 0.1) is 13.2 Å². The molecule has 0 aromatic heterocycles. The van der Waals surface area contributed by atoms with Gasteiger partial charge in [0.1, 0.15) is 17.9 Å². The highest BCUT2D eigenvalue weighted by molar-refractivity contribution is 7.54. The molecule has 0 amide bonds. The average Bonchev–Trinajstić information content (AvgIpc) is 2.33. The molecule has 0 aromatic carbocycles. The second kappa shape index (κ2) is 7.31. The van der Waals surface area contributed by atoms with Gasteiger partial charge in [-0.2, -0.15) is 0 Å². The fourth-order valence-electron chi connectivity index (χ4n) is 1.90. The van der Waals surface area contributed by atoms with Gasteiger partial charge in [0.2, 0.25) is 0 Å². The molecule has 21 heavy (non-hydrogen) atoms. The van der Waals surface area contributed by atoms with Crippen LogP contribution in [-0.2, 0) is 27.9 Å². The van der Waals surface area contributed by atoms with E-state index in [-0.39, 0.29) is 19.6 Å².